The number of nitrogens with two attached hydrogens (primary N) is 1. The van der Waals surface area contributed by atoms with Crippen LogP contribution in [0, 0.1) is 0 Å². The summed E-state index contributed by atoms with van der Waals surface area (Å²) >= 11 is 3.24. The summed E-state index contributed by atoms with van der Waals surface area (Å²) in [5.41, 5.74) is 6.51. The molecule has 17 heavy (non-hydrogen) atoms. The summed E-state index contributed by atoms with van der Waals surface area (Å²) in [6.07, 6.45) is -0.00787. The highest BCUT2D eigenvalue weighted by Gasteiger charge is 2.13. The maximum atomic E-state index is 11.8. The summed E-state index contributed by atoms with van der Waals surface area (Å²) < 4.78 is 23.3. The summed E-state index contributed by atoms with van der Waals surface area (Å²) in [7, 11) is -3.11. The zero-order chi connectivity index (χ0) is 13.1. The molecule has 0 radical (unpaired) electrons. The largest absolute Gasteiger partial charge is 0.399 e. The van der Waals surface area contributed by atoms with Gasteiger partial charge in [0.2, 0.25) is 0 Å². The Morgan fingerprint density at radius 3 is 2.53 bits per heavy atom. The third-order valence-electron chi connectivity index (χ3n) is 2.32. The van der Waals surface area contributed by atoms with Crippen LogP contribution in [0.15, 0.2) is 22.7 Å². The second-order valence-corrected chi connectivity index (χ2v) is 7.07. The summed E-state index contributed by atoms with van der Waals surface area (Å²) in [5, 5.41) is 0. The molecule has 0 aliphatic carbocycles. The van der Waals surface area contributed by atoms with Gasteiger partial charge in [0, 0.05) is 27.9 Å². The number of hydrogen-bond acceptors (Lipinski definition) is 4. The van der Waals surface area contributed by atoms with Crippen LogP contribution >= 0.6 is 15.9 Å². The molecule has 0 amide bonds. The van der Waals surface area contributed by atoms with E-state index in [4.69, 9.17) is 5.73 Å². The third-order valence-corrected chi connectivity index (χ3v) is 4.49. The summed E-state index contributed by atoms with van der Waals surface area (Å²) in [4.78, 5) is 11.8. The van der Waals surface area contributed by atoms with E-state index < -0.39 is 9.84 Å². The van der Waals surface area contributed by atoms with E-state index in [1.54, 1.807) is 25.1 Å². The van der Waals surface area contributed by atoms with E-state index >= 15 is 0 Å². The Labute approximate surface area is 109 Å². The Balaban J connectivity index is 2.77. The second-order valence-electron chi connectivity index (χ2n) is 3.68. The molecule has 0 aliphatic rings. The van der Waals surface area contributed by atoms with Crippen LogP contribution in [0.5, 0.6) is 0 Å². The average molecular weight is 320 g/mol. The third kappa shape index (κ3) is 4.47. The van der Waals surface area contributed by atoms with Gasteiger partial charge in [-0.3, -0.25) is 4.79 Å². The van der Waals surface area contributed by atoms with Crippen molar-refractivity contribution in [2.24, 2.45) is 0 Å². The van der Waals surface area contributed by atoms with Gasteiger partial charge < -0.3 is 5.73 Å². The first-order chi connectivity index (χ1) is 7.84. The second kappa shape index (κ2) is 5.64. The number of carbonyl (C=O) groups excluding carboxylic acids is 1. The molecular formula is C11H14BrNO3S. The Kier molecular flexibility index (Phi) is 4.70. The Morgan fingerprint density at radius 2 is 2.00 bits per heavy atom. The molecule has 0 bridgehead atoms. The lowest BCUT2D eigenvalue weighted by atomic mass is 10.1. The minimum atomic E-state index is -3.11. The number of rotatable bonds is 5. The van der Waals surface area contributed by atoms with Gasteiger partial charge in [-0.25, -0.2) is 8.42 Å². The first-order valence-electron chi connectivity index (χ1n) is 5.14. The Bertz CT molecular complexity index is 505. The van der Waals surface area contributed by atoms with Crippen LogP contribution in [0.1, 0.15) is 23.7 Å². The van der Waals surface area contributed by atoms with Crippen molar-refractivity contribution in [2.75, 3.05) is 17.2 Å². The zero-order valence-corrected chi connectivity index (χ0v) is 11.8. The topological polar surface area (TPSA) is 77.2 Å². The van der Waals surface area contributed by atoms with Crippen LogP contribution in [-0.4, -0.2) is 25.7 Å². The quantitative estimate of drug-likeness (QED) is 0.665. The van der Waals surface area contributed by atoms with Crippen LogP contribution in [0.3, 0.4) is 0 Å². The van der Waals surface area contributed by atoms with Crippen LogP contribution in [0.4, 0.5) is 5.69 Å². The molecule has 0 aliphatic heterocycles. The van der Waals surface area contributed by atoms with Crippen molar-refractivity contribution in [3.63, 3.8) is 0 Å². The number of hydrogen-bond donors (Lipinski definition) is 1. The normalized spacial score (nSPS) is 11.4. The highest BCUT2D eigenvalue weighted by atomic mass is 79.9. The van der Waals surface area contributed by atoms with Gasteiger partial charge in [0.15, 0.2) is 5.78 Å². The lowest BCUT2D eigenvalue weighted by Gasteiger charge is -2.04. The minimum absolute atomic E-state index is 0.00787. The fraction of sp³-hybridized carbons (Fsp3) is 0.364. The first kappa shape index (κ1) is 14.2. The molecular weight excluding hydrogens is 306 g/mol. The van der Waals surface area contributed by atoms with E-state index in [0.717, 1.165) is 0 Å². The Hall–Kier alpha value is -0.880. The van der Waals surface area contributed by atoms with Crippen LogP contribution in [-0.2, 0) is 9.84 Å². The molecule has 0 aromatic heterocycles. The highest BCUT2D eigenvalue weighted by molar-refractivity contribution is 9.10. The molecule has 1 rings (SSSR count). The van der Waals surface area contributed by atoms with E-state index in [1.165, 1.54) is 0 Å². The molecule has 1 aromatic rings. The van der Waals surface area contributed by atoms with Gasteiger partial charge in [0.1, 0.15) is 9.84 Å². The van der Waals surface area contributed by atoms with Crippen molar-refractivity contribution in [1.82, 2.24) is 0 Å². The summed E-state index contributed by atoms with van der Waals surface area (Å²) in [6.45, 7) is 1.57. The first-order valence-corrected chi connectivity index (χ1v) is 7.75. The van der Waals surface area contributed by atoms with Crippen molar-refractivity contribution in [1.29, 1.82) is 0 Å². The molecule has 0 unspecified atom stereocenters. The van der Waals surface area contributed by atoms with E-state index in [9.17, 15) is 13.2 Å². The number of benzene rings is 1. The molecule has 0 spiro atoms. The van der Waals surface area contributed by atoms with Gasteiger partial charge in [0.05, 0.1) is 5.75 Å². The number of ketones is 1. The van der Waals surface area contributed by atoms with Crippen LogP contribution in [0.25, 0.3) is 0 Å². The molecule has 0 atom stereocenters. The molecule has 0 fully saturated rings. The van der Waals surface area contributed by atoms with E-state index in [2.05, 4.69) is 15.9 Å². The molecule has 4 nitrogen and oxygen atoms in total. The average Bonchev–Trinajstić information content (AvgIpc) is 2.24. The van der Waals surface area contributed by atoms with Crippen molar-refractivity contribution in [2.45, 2.75) is 13.3 Å². The van der Waals surface area contributed by atoms with Crippen molar-refractivity contribution < 1.29 is 13.2 Å². The monoisotopic (exact) mass is 319 g/mol. The summed E-state index contributed by atoms with van der Waals surface area (Å²) in [5.74, 6) is -0.273. The maximum Gasteiger partial charge on any atom is 0.164 e. The molecule has 94 valence electrons. The number of sulfone groups is 1. The van der Waals surface area contributed by atoms with Gasteiger partial charge in [0.25, 0.3) is 0 Å². The minimum Gasteiger partial charge on any atom is -0.399 e. The lowest BCUT2D eigenvalue weighted by Crippen LogP contribution is -2.13. The van der Waals surface area contributed by atoms with Gasteiger partial charge in [-0.15, -0.1) is 0 Å². The maximum absolute atomic E-state index is 11.8. The molecule has 0 saturated heterocycles. The van der Waals surface area contributed by atoms with Gasteiger partial charge in [-0.1, -0.05) is 22.9 Å². The van der Waals surface area contributed by atoms with E-state index in [0.29, 0.717) is 15.7 Å². The zero-order valence-electron chi connectivity index (χ0n) is 9.44. The Morgan fingerprint density at radius 1 is 1.35 bits per heavy atom. The smallest absolute Gasteiger partial charge is 0.164 e. The fourth-order valence-electron chi connectivity index (χ4n) is 1.31. The van der Waals surface area contributed by atoms with E-state index in [1.807, 2.05) is 0 Å². The van der Waals surface area contributed by atoms with Gasteiger partial charge in [-0.2, -0.15) is 0 Å². The standard InChI is InChI=1S/C11H14BrNO3S/c1-2-17(15,16)4-3-11(14)8-5-9(12)7-10(13)6-8/h5-7H,2-4,13H2,1H3. The molecule has 0 saturated carbocycles. The number of carbonyl (C=O) groups is 1. The van der Waals surface area contributed by atoms with Crippen molar-refractivity contribution in [3.05, 3.63) is 28.2 Å². The molecule has 0 heterocycles. The predicted molar refractivity (Wildman–Crippen MR) is 71.8 cm³/mol. The number of halogens is 1. The number of anilines is 1. The summed E-state index contributed by atoms with van der Waals surface area (Å²) in [6, 6.07) is 4.86. The predicted octanol–water partition coefficient (Wildman–Crippen LogP) is 2.04. The SMILES string of the molecule is CCS(=O)(=O)CCC(=O)c1cc(N)cc(Br)c1. The lowest BCUT2D eigenvalue weighted by molar-refractivity contribution is 0.0989. The van der Waals surface area contributed by atoms with Crippen LogP contribution in [0.2, 0.25) is 0 Å². The molecule has 2 N–H and O–H groups in total. The highest BCUT2D eigenvalue weighted by Crippen LogP contribution is 2.18. The van der Waals surface area contributed by atoms with Crippen molar-refractivity contribution in [3.8, 4) is 0 Å². The van der Waals surface area contributed by atoms with Gasteiger partial charge >= 0.3 is 0 Å². The van der Waals surface area contributed by atoms with Crippen LogP contribution < -0.4 is 5.73 Å². The number of nitrogen functional groups attached to an aromatic ring is 1. The fourth-order valence-corrected chi connectivity index (χ4v) is 2.61. The number of Topliss-reactive ketones (excluding diaryl/α,β-unsaturated/α-hetero) is 1. The van der Waals surface area contributed by atoms with Gasteiger partial charge in [-0.05, 0) is 18.2 Å². The molecule has 6 heteroatoms. The van der Waals surface area contributed by atoms with Crippen molar-refractivity contribution >= 4 is 37.2 Å². The van der Waals surface area contributed by atoms with E-state index in [-0.39, 0.29) is 23.7 Å². The molecule has 1 aromatic carbocycles.